The first-order valence-electron chi connectivity index (χ1n) is 5.92. The molecule has 14 heavy (non-hydrogen) atoms. The van der Waals surface area contributed by atoms with Gasteiger partial charge in [-0.1, -0.05) is 20.8 Å². The molecule has 2 nitrogen and oxygen atoms in total. The minimum Gasteiger partial charge on any atom is -0.312 e. The standard InChI is InChI=1S/C12H23NO/c1-4-12(14)10-5-7-11(8-6-10)13-9(2)3/h9-11,13H,4-8H2,1-3H3. The van der Waals surface area contributed by atoms with Crippen molar-refractivity contribution in [2.24, 2.45) is 5.92 Å². The van der Waals surface area contributed by atoms with Crippen LogP contribution >= 0.6 is 0 Å². The second kappa shape index (κ2) is 5.50. The molecule has 1 N–H and O–H groups in total. The monoisotopic (exact) mass is 197 g/mol. The lowest BCUT2D eigenvalue weighted by molar-refractivity contribution is -0.123. The summed E-state index contributed by atoms with van der Waals surface area (Å²) < 4.78 is 0. The molecule has 0 atom stereocenters. The highest BCUT2D eigenvalue weighted by Crippen LogP contribution is 2.25. The number of rotatable bonds is 4. The van der Waals surface area contributed by atoms with E-state index in [1.54, 1.807) is 0 Å². The van der Waals surface area contributed by atoms with Crippen LogP contribution in [-0.2, 0) is 4.79 Å². The van der Waals surface area contributed by atoms with Crippen LogP contribution < -0.4 is 5.32 Å². The molecule has 0 saturated heterocycles. The molecule has 0 unspecified atom stereocenters. The van der Waals surface area contributed by atoms with E-state index in [1.807, 2.05) is 6.92 Å². The van der Waals surface area contributed by atoms with Crippen LogP contribution in [0.3, 0.4) is 0 Å². The number of carbonyl (C=O) groups is 1. The summed E-state index contributed by atoms with van der Waals surface area (Å²) in [5.74, 6) is 0.832. The van der Waals surface area contributed by atoms with Crippen molar-refractivity contribution < 1.29 is 4.79 Å². The minimum atomic E-state index is 0.366. The molecule has 0 aromatic rings. The van der Waals surface area contributed by atoms with E-state index in [1.165, 1.54) is 12.8 Å². The van der Waals surface area contributed by atoms with Gasteiger partial charge in [-0.05, 0) is 25.7 Å². The SMILES string of the molecule is CCC(=O)C1CCC(NC(C)C)CC1. The summed E-state index contributed by atoms with van der Waals surface area (Å²) in [5, 5.41) is 3.55. The molecule has 1 aliphatic carbocycles. The molecular formula is C12H23NO. The Kier molecular flexibility index (Phi) is 4.59. The van der Waals surface area contributed by atoms with E-state index >= 15 is 0 Å². The number of hydrogen-bond donors (Lipinski definition) is 1. The first kappa shape index (κ1) is 11.7. The average molecular weight is 197 g/mol. The van der Waals surface area contributed by atoms with Crippen LogP contribution in [0.5, 0.6) is 0 Å². The van der Waals surface area contributed by atoms with Gasteiger partial charge in [0.2, 0.25) is 0 Å². The van der Waals surface area contributed by atoms with E-state index in [4.69, 9.17) is 0 Å². The molecule has 2 heteroatoms. The molecule has 0 amide bonds. The molecule has 1 aliphatic rings. The second-order valence-corrected chi connectivity index (χ2v) is 4.69. The molecule has 1 rings (SSSR count). The zero-order valence-electron chi connectivity index (χ0n) is 9.68. The van der Waals surface area contributed by atoms with Crippen molar-refractivity contribution in [2.75, 3.05) is 0 Å². The summed E-state index contributed by atoms with van der Waals surface area (Å²) in [4.78, 5) is 11.5. The maximum atomic E-state index is 11.5. The first-order chi connectivity index (χ1) is 6.63. The zero-order valence-corrected chi connectivity index (χ0v) is 9.68. The molecule has 1 saturated carbocycles. The summed E-state index contributed by atoms with van der Waals surface area (Å²) in [5.41, 5.74) is 0. The smallest absolute Gasteiger partial charge is 0.135 e. The lowest BCUT2D eigenvalue weighted by atomic mass is 9.82. The molecule has 1 fully saturated rings. The maximum absolute atomic E-state index is 11.5. The Labute approximate surface area is 87.5 Å². The molecule has 0 aromatic heterocycles. The van der Waals surface area contributed by atoms with Crippen molar-refractivity contribution in [3.05, 3.63) is 0 Å². The van der Waals surface area contributed by atoms with Crippen LogP contribution in [0, 0.1) is 5.92 Å². The van der Waals surface area contributed by atoms with Crippen LogP contribution in [0.4, 0.5) is 0 Å². The van der Waals surface area contributed by atoms with Crippen LogP contribution in [0.2, 0.25) is 0 Å². The summed E-state index contributed by atoms with van der Waals surface area (Å²) >= 11 is 0. The van der Waals surface area contributed by atoms with E-state index in [-0.39, 0.29) is 0 Å². The molecule has 0 aromatic carbocycles. The predicted molar refractivity (Wildman–Crippen MR) is 59.3 cm³/mol. The van der Waals surface area contributed by atoms with Gasteiger partial charge in [-0.25, -0.2) is 0 Å². The normalized spacial score (nSPS) is 28.0. The quantitative estimate of drug-likeness (QED) is 0.750. The highest BCUT2D eigenvalue weighted by atomic mass is 16.1. The lowest BCUT2D eigenvalue weighted by Gasteiger charge is -2.29. The van der Waals surface area contributed by atoms with E-state index in [0.29, 0.717) is 30.2 Å². The number of ketones is 1. The lowest BCUT2D eigenvalue weighted by Crippen LogP contribution is -2.38. The zero-order chi connectivity index (χ0) is 10.6. The van der Waals surface area contributed by atoms with Gasteiger partial charge in [0.05, 0.1) is 0 Å². The van der Waals surface area contributed by atoms with Gasteiger partial charge < -0.3 is 5.32 Å². The molecule has 0 spiro atoms. The number of carbonyl (C=O) groups excluding carboxylic acids is 1. The fraction of sp³-hybridized carbons (Fsp3) is 0.917. The van der Waals surface area contributed by atoms with Crippen LogP contribution in [0.15, 0.2) is 0 Å². The number of nitrogens with one attached hydrogen (secondary N) is 1. The third-order valence-corrected chi connectivity index (χ3v) is 3.10. The van der Waals surface area contributed by atoms with E-state index in [0.717, 1.165) is 12.8 Å². The largest absolute Gasteiger partial charge is 0.312 e. The van der Waals surface area contributed by atoms with E-state index < -0.39 is 0 Å². The predicted octanol–water partition coefficient (Wildman–Crippen LogP) is 2.52. The van der Waals surface area contributed by atoms with Gasteiger partial charge in [0.15, 0.2) is 0 Å². The van der Waals surface area contributed by atoms with Crippen molar-refractivity contribution in [1.82, 2.24) is 5.32 Å². The summed E-state index contributed by atoms with van der Waals surface area (Å²) in [6.07, 6.45) is 5.25. The van der Waals surface area contributed by atoms with Crippen LogP contribution in [-0.4, -0.2) is 17.9 Å². The first-order valence-corrected chi connectivity index (χ1v) is 5.92. The van der Waals surface area contributed by atoms with E-state index in [9.17, 15) is 4.79 Å². The van der Waals surface area contributed by atoms with Gasteiger partial charge in [0.1, 0.15) is 5.78 Å². The highest BCUT2D eigenvalue weighted by Gasteiger charge is 2.24. The highest BCUT2D eigenvalue weighted by molar-refractivity contribution is 5.80. The maximum Gasteiger partial charge on any atom is 0.135 e. The van der Waals surface area contributed by atoms with Crippen molar-refractivity contribution in [2.45, 2.75) is 65.0 Å². The van der Waals surface area contributed by atoms with Crippen molar-refractivity contribution >= 4 is 5.78 Å². The summed E-state index contributed by atoms with van der Waals surface area (Å²) in [6.45, 7) is 6.34. The second-order valence-electron chi connectivity index (χ2n) is 4.69. The third kappa shape index (κ3) is 3.41. The molecule has 82 valence electrons. The molecule has 0 aliphatic heterocycles. The van der Waals surface area contributed by atoms with Gasteiger partial charge in [0.25, 0.3) is 0 Å². The third-order valence-electron chi connectivity index (χ3n) is 3.10. The van der Waals surface area contributed by atoms with Gasteiger partial charge >= 0.3 is 0 Å². The van der Waals surface area contributed by atoms with E-state index in [2.05, 4.69) is 19.2 Å². The van der Waals surface area contributed by atoms with Crippen LogP contribution in [0.25, 0.3) is 0 Å². The Morgan fingerprint density at radius 3 is 2.29 bits per heavy atom. The molecule has 0 radical (unpaired) electrons. The fourth-order valence-electron chi connectivity index (χ4n) is 2.34. The summed E-state index contributed by atoms with van der Waals surface area (Å²) in [7, 11) is 0. The Bertz CT molecular complexity index is 181. The number of Topliss-reactive ketones (excluding diaryl/α,β-unsaturated/α-hetero) is 1. The molecule has 0 heterocycles. The van der Waals surface area contributed by atoms with Gasteiger partial charge in [0, 0.05) is 24.4 Å². The number of hydrogen-bond acceptors (Lipinski definition) is 2. The van der Waals surface area contributed by atoms with Crippen LogP contribution in [0.1, 0.15) is 52.9 Å². The van der Waals surface area contributed by atoms with Gasteiger partial charge in [-0.15, -0.1) is 0 Å². The Balaban J connectivity index is 2.27. The van der Waals surface area contributed by atoms with Gasteiger partial charge in [-0.3, -0.25) is 4.79 Å². The van der Waals surface area contributed by atoms with Crippen molar-refractivity contribution in [3.63, 3.8) is 0 Å². The summed E-state index contributed by atoms with van der Waals surface area (Å²) in [6, 6.07) is 1.22. The Hall–Kier alpha value is -0.370. The topological polar surface area (TPSA) is 29.1 Å². The molecular weight excluding hydrogens is 174 g/mol. The Morgan fingerprint density at radius 1 is 1.29 bits per heavy atom. The fourth-order valence-corrected chi connectivity index (χ4v) is 2.34. The average Bonchev–Trinajstić information content (AvgIpc) is 2.17. The molecule has 0 bridgehead atoms. The minimum absolute atomic E-state index is 0.366. The van der Waals surface area contributed by atoms with Crippen molar-refractivity contribution in [3.8, 4) is 0 Å². The van der Waals surface area contributed by atoms with Crippen molar-refractivity contribution in [1.29, 1.82) is 0 Å². The van der Waals surface area contributed by atoms with Gasteiger partial charge in [-0.2, -0.15) is 0 Å². The Morgan fingerprint density at radius 2 is 1.86 bits per heavy atom.